The van der Waals surface area contributed by atoms with Gasteiger partial charge in [0.15, 0.2) is 5.65 Å². The van der Waals surface area contributed by atoms with Crippen LogP contribution in [0.3, 0.4) is 0 Å². The third-order valence-electron chi connectivity index (χ3n) is 3.69. The molecule has 3 N–H and O–H groups in total. The lowest BCUT2D eigenvalue weighted by atomic mass is 9.99. The zero-order valence-corrected chi connectivity index (χ0v) is 12.3. The molecule has 2 atom stereocenters. The van der Waals surface area contributed by atoms with E-state index in [9.17, 15) is 4.79 Å². The SMILES string of the molecule is CCC(C)C(N)C(=O)Nc1cnc2c(c1)c(C)nn2C. The van der Waals surface area contributed by atoms with Crippen LogP contribution in [0.5, 0.6) is 0 Å². The molecule has 0 aliphatic carbocycles. The lowest BCUT2D eigenvalue weighted by Crippen LogP contribution is -2.40. The van der Waals surface area contributed by atoms with E-state index < -0.39 is 6.04 Å². The Labute approximate surface area is 118 Å². The van der Waals surface area contributed by atoms with Gasteiger partial charge in [-0.1, -0.05) is 20.3 Å². The summed E-state index contributed by atoms with van der Waals surface area (Å²) in [7, 11) is 1.85. The van der Waals surface area contributed by atoms with E-state index in [4.69, 9.17) is 5.73 Å². The average Bonchev–Trinajstić information content (AvgIpc) is 2.72. The van der Waals surface area contributed by atoms with Crippen molar-refractivity contribution in [2.24, 2.45) is 18.7 Å². The highest BCUT2D eigenvalue weighted by atomic mass is 16.2. The smallest absolute Gasteiger partial charge is 0.241 e. The van der Waals surface area contributed by atoms with E-state index in [0.717, 1.165) is 23.1 Å². The van der Waals surface area contributed by atoms with Gasteiger partial charge in [0, 0.05) is 12.4 Å². The third-order valence-corrected chi connectivity index (χ3v) is 3.69. The summed E-state index contributed by atoms with van der Waals surface area (Å²) in [5.41, 5.74) is 8.25. The second kappa shape index (κ2) is 5.58. The maximum absolute atomic E-state index is 12.1. The molecule has 108 valence electrons. The Balaban J connectivity index is 2.22. The van der Waals surface area contributed by atoms with Crippen LogP contribution >= 0.6 is 0 Å². The molecular weight excluding hydrogens is 254 g/mol. The Bertz CT molecular complexity index is 634. The fourth-order valence-corrected chi connectivity index (χ4v) is 2.11. The van der Waals surface area contributed by atoms with Gasteiger partial charge in [-0.2, -0.15) is 5.10 Å². The Hall–Kier alpha value is -1.95. The van der Waals surface area contributed by atoms with Crippen LogP contribution in [-0.2, 0) is 11.8 Å². The third kappa shape index (κ3) is 2.65. The topological polar surface area (TPSA) is 85.8 Å². The van der Waals surface area contributed by atoms with E-state index in [1.165, 1.54) is 0 Å². The van der Waals surface area contributed by atoms with Gasteiger partial charge in [-0.05, 0) is 18.9 Å². The van der Waals surface area contributed by atoms with Gasteiger partial charge < -0.3 is 11.1 Å². The number of aromatic nitrogens is 3. The molecule has 1 amide bonds. The minimum atomic E-state index is -0.509. The number of carbonyl (C=O) groups is 1. The molecule has 0 aliphatic rings. The van der Waals surface area contributed by atoms with Crippen LogP contribution in [-0.4, -0.2) is 26.7 Å². The van der Waals surface area contributed by atoms with E-state index in [1.54, 1.807) is 10.9 Å². The number of nitrogens with two attached hydrogens (primary N) is 1. The normalized spacial score (nSPS) is 14.2. The van der Waals surface area contributed by atoms with E-state index in [2.05, 4.69) is 15.4 Å². The van der Waals surface area contributed by atoms with Crippen LogP contribution in [0.15, 0.2) is 12.3 Å². The van der Waals surface area contributed by atoms with Crippen molar-refractivity contribution < 1.29 is 4.79 Å². The van der Waals surface area contributed by atoms with Crippen LogP contribution in [0, 0.1) is 12.8 Å². The number of rotatable bonds is 4. The average molecular weight is 275 g/mol. The van der Waals surface area contributed by atoms with Crippen LogP contribution in [0.25, 0.3) is 11.0 Å². The minimum Gasteiger partial charge on any atom is -0.323 e. The summed E-state index contributed by atoms with van der Waals surface area (Å²) >= 11 is 0. The highest BCUT2D eigenvalue weighted by Gasteiger charge is 2.19. The quantitative estimate of drug-likeness (QED) is 0.887. The fraction of sp³-hybridized carbons (Fsp3) is 0.500. The molecule has 2 rings (SSSR count). The van der Waals surface area contributed by atoms with Gasteiger partial charge in [-0.15, -0.1) is 0 Å². The van der Waals surface area contributed by atoms with Gasteiger partial charge in [0.05, 0.1) is 23.6 Å². The van der Waals surface area contributed by atoms with Crippen LogP contribution in [0.1, 0.15) is 26.0 Å². The number of nitrogens with one attached hydrogen (secondary N) is 1. The van der Waals surface area contributed by atoms with Gasteiger partial charge in [-0.3, -0.25) is 9.48 Å². The fourth-order valence-electron chi connectivity index (χ4n) is 2.11. The molecular formula is C14H21N5O. The zero-order chi connectivity index (χ0) is 14.9. The predicted octanol–water partition coefficient (Wildman–Crippen LogP) is 1.59. The molecule has 0 bridgehead atoms. The van der Waals surface area contributed by atoms with Gasteiger partial charge in [-0.25, -0.2) is 4.98 Å². The Kier molecular flexibility index (Phi) is 4.04. The van der Waals surface area contributed by atoms with Crippen molar-refractivity contribution in [1.29, 1.82) is 0 Å². The molecule has 0 radical (unpaired) electrons. The molecule has 0 saturated carbocycles. The first-order valence-corrected chi connectivity index (χ1v) is 6.79. The second-order valence-electron chi connectivity index (χ2n) is 5.20. The Morgan fingerprint density at radius 2 is 2.25 bits per heavy atom. The summed E-state index contributed by atoms with van der Waals surface area (Å²) in [6.07, 6.45) is 2.50. The monoisotopic (exact) mass is 275 g/mol. The Morgan fingerprint density at radius 1 is 1.55 bits per heavy atom. The first kappa shape index (κ1) is 14.5. The minimum absolute atomic E-state index is 0.145. The van der Waals surface area contributed by atoms with Gasteiger partial charge in [0.1, 0.15) is 0 Å². The number of nitrogens with zero attached hydrogens (tertiary/aromatic N) is 3. The summed E-state index contributed by atoms with van der Waals surface area (Å²) in [5, 5.41) is 8.06. The highest BCUT2D eigenvalue weighted by Crippen LogP contribution is 2.19. The lowest BCUT2D eigenvalue weighted by molar-refractivity contribution is -0.118. The largest absolute Gasteiger partial charge is 0.323 e. The predicted molar refractivity (Wildman–Crippen MR) is 79.3 cm³/mol. The Morgan fingerprint density at radius 3 is 2.90 bits per heavy atom. The van der Waals surface area contributed by atoms with Crippen molar-refractivity contribution in [3.05, 3.63) is 18.0 Å². The molecule has 0 aliphatic heterocycles. The summed E-state index contributed by atoms with van der Waals surface area (Å²) in [6.45, 7) is 5.90. The number of anilines is 1. The van der Waals surface area contributed by atoms with Gasteiger partial charge in [0.25, 0.3) is 0 Å². The molecule has 2 aromatic rings. The maximum Gasteiger partial charge on any atom is 0.241 e. The molecule has 0 fully saturated rings. The molecule has 0 spiro atoms. The number of hydrogen-bond donors (Lipinski definition) is 2. The van der Waals surface area contributed by atoms with Crippen molar-refractivity contribution in [2.45, 2.75) is 33.2 Å². The summed E-state index contributed by atoms with van der Waals surface area (Å²) in [4.78, 5) is 16.4. The second-order valence-corrected chi connectivity index (χ2v) is 5.20. The van der Waals surface area contributed by atoms with E-state index in [0.29, 0.717) is 5.69 Å². The van der Waals surface area contributed by atoms with Crippen molar-refractivity contribution in [3.63, 3.8) is 0 Å². The van der Waals surface area contributed by atoms with E-state index >= 15 is 0 Å². The summed E-state index contributed by atoms with van der Waals surface area (Å²) in [6, 6.07) is 1.37. The first-order valence-electron chi connectivity index (χ1n) is 6.79. The van der Waals surface area contributed by atoms with Crippen molar-refractivity contribution in [2.75, 3.05) is 5.32 Å². The van der Waals surface area contributed by atoms with Crippen LogP contribution < -0.4 is 11.1 Å². The van der Waals surface area contributed by atoms with Crippen LogP contribution in [0.4, 0.5) is 5.69 Å². The number of hydrogen-bond acceptors (Lipinski definition) is 4. The molecule has 6 heteroatoms. The van der Waals surface area contributed by atoms with E-state index in [-0.39, 0.29) is 11.8 Å². The summed E-state index contributed by atoms with van der Waals surface area (Å²) in [5.74, 6) is -0.0335. The summed E-state index contributed by atoms with van der Waals surface area (Å²) < 4.78 is 1.72. The molecule has 2 aromatic heterocycles. The van der Waals surface area contributed by atoms with Gasteiger partial charge >= 0.3 is 0 Å². The van der Waals surface area contributed by atoms with Crippen molar-refractivity contribution in [3.8, 4) is 0 Å². The number of aryl methyl sites for hydroxylation is 2. The molecule has 0 saturated heterocycles. The van der Waals surface area contributed by atoms with E-state index in [1.807, 2.05) is 33.9 Å². The molecule has 0 aromatic carbocycles. The number of pyridine rings is 1. The number of carbonyl (C=O) groups excluding carboxylic acids is 1. The lowest BCUT2D eigenvalue weighted by Gasteiger charge is -2.17. The molecule has 20 heavy (non-hydrogen) atoms. The van der Waals surface area contributed by atoms with Gasteiger partial charge in [0.2, 0.25) is 5.91 Å². The van der Waals surface area contributed by atoms with Crippen molar-refractivity contribution >= 4 is 22.6 Å². The molecule has 2 unspecified atom stereocenters. The van der Waals surface area contributed by atoms with Crippen molar-refractivity contribution in [1.82, 2.24) is 14.8 Å². The molecule has 6 nitrogen and oxygen atoms in total. The molecule has 2 heterocycles. The highest BCUT2D eigenvalue weighted by molar-refractivity contribution is 5.96. The maximum atomic E-state index is 12.1. The zero-order valence-electron chi connectivity index (χ0n) is 12.3. The van der Waals surface area contributed by atoms with Crippen LogP contribution in [0.2, 0.25) is 0 Å². The standard InChI is InChI=1S/C14H21N5O/c1-5-8(2)12(15)14(20)17-10-6-11-9(3)18-19(4)13(11)16-7-10/h6-8,12H,5,15H2,1-4H3,(H,17,20). The number of amides is 1. The number of fused-ring (bicyclic) bond motifs is 1. The first-order chi connectivity index (χ1) is 9.43.